The van der Waals surface area contributed by atoms with Crippen LogP contribution in [-0.2, 0) is 9.31 Å². The van der Waals surface area contributed by atoms with E-state index in [9.17, 15) is 0 Å². The highest BCUT2D eigenvalue weighted by Crippen LogP contribution is 2.36. The van der Waals surface area contributed by atoms with E-state index in [1.165, 1.54) is 10.8 Å². The third-order valence-corrected chi connectivity index (χ3v) is 5.44. The summed E-state index contributed by atoms with van der Waals surface area (Å²) in [5.41, 5.74) is 2.38. The number of rotatable bonds is 1. The van der Waals surface area contributed by atoms with Gasteiger partial charge in [0.2, 0.25) is 0 Å². The second-order valence-electron chi connectivity index (χ2n) is 7.61. The van der Waals surface area contributed by atoms with Crippen molar-refractivity contribution in [2.45, 2.75) is 45.8 Å². The highest BCUT2D eigenvalue weighted by atomic mass is 16.7. The summed E-state index contributed by atoms with van der Waals surface area (Å²) in [5, 5.41) is 3.60. The Kier molecular flexibility index (Phi) is 3.28. The van der Waals surface area contributed by atoms with Gasteiger partial charge in [-0.2, -0.15) is 0 Å². The third-order valence-electron chi connectivity index (χ3n) is 5.44. The summed E-state index contributed by atoms with van der Waals surface area (Å²) >= 11 is 0. The predicted molar refractivity (Wildman–Crippen MR) is 99.7 cm³/mol. The number of nitrogens with zero attached hydrogens (tertiary/aromatic N) is 1. The Balaban J connectivity index is 1.84. The maximum absolute atomic E-state index is 6.17. The number of hydrogen-bond donors (Lipinski definition) is 0. The Hall–Kier alpha value is -1.91. The fourth-order valence-electron chi connectivity index (χ4n) is 3.27. The minimum Gasteiger partial charge on any atom is -0.399 e. The van der Waals surface area contributed by atoms with Crippen molar-refractivity contribution in [3.8, 4) is 0 Å². The summed E-state index contributed by atoms with van der Waals surface area (Å²) in [5.74, 6) is 0. The first-order chi connectivity index (χ1) is 11.3. The molecule has 0 saturated carbocycles. The lowest BCUT2D eigenvalue weighted by atomic mass is 9.78. The SMILES string of the molecule is Cc1nc2cc(B3OC(C)(C)C(C)(C)O3)ccc2c2ccccc12. The van der Waals surface area contributed by atoms with Crippen LogP contribution in [0.1, 0.15) is 33.4 Å². The van der Waals surface area contributed by atoms with Gasteiger partial charge in [-0.05, 0) is 51.5 Å². The van der Waals surface area contributed by atoms with Crippen LogP contribution in [0.3, 0.4) is 0 Å². The van der Waals surface area contributed by atoms with Crippen LogP contribution in [-0.4, -0.2) is 23.3 Å². The van der Waals surface area contributed by atoms with Crippen LogP contribution >= 0.6 is 0 Å². The number of benzene rings is 2. The average molecular weight is 319 g/mol. The average Bonchev–Trinajstić information content (AvgIpc) is 2.75. The quantitative estimate of drug-likeness (QED) is 0.502. The Labute approximate surface area is 143 Å². The molecule has 0 atom stereocenters. The lowest BCUT2D eigenvalue weighted by Gasteiger charge is -2.32. The molecule has 2 aromatic carbocycles. The number of aromatic nitrogens is 1. The van der Waals surface area contributed by atoms with Gasteiger partial charge < -0.3 is 9.31 Å². The van der Waals surface area contributed by atoms with Gasteiger partial charge in [0.1, 0.15) is 0 Å². The second-order valence-corrected chi connectivity index (χ2v) is 7.61. The van der Waals surface area contributed by atoms with Crippen molar-refractivity contribution in [1.29, 1.82) is 0 Å². The van der Waals surface area contributed by atoms with E-state index >= 15 is 0 Å². The van der Waals surface area contributed by atoms with Gasteiger partial charge in [-0.15, -0.1) is 0 Å². The molecule has 0 spiro atoms. The highest BCUT2D eigenvalue weighted by Gasteiger charge is 2.51. The molecule has 4 rings (SSSR count). The van der Waals surface area contributed by atoms with Crippen LogP contribution in [0.25, 0.3) is 21.7 Å². The first-order valence-electron chi connectivity index (χ1n) is 8.43. The monoisotopic (exact) mass is 319 g/mol. The number of hydrogen-bond acceptors (Lipinski definition) is 3. The summed E-state index contributed by atoms with van der Waals surface area (Å²) in [6.07, 6.45) is 0. The molecule has 0 amide bonds. The van der Waals surface area contributed by atoms with E-state index in [2.05, 4.69) is 77.1 Å². The van der Waals surface area contributed by atoms with Gasteiger partial charge in [0.05, 0.1) is 16.7 Å². The molecule has 1 aliphatic heterocycles. The lowest BCUT2D eigenvalue weighted by Crippen LogP contribution is -2.41. The molecule has 0 N–H and O–H groups in total. The Morgan fingerprint density at radius 2 is 1.46 bits per heavy atom. The highest BCUT2D eigenvalue weighted by molar-refractivity contribution is 6.62. The number of aryl methyl sites for hydroxylation is 1. The molecule has 3 nitrogen and oxygen atoms in total. The minimum absolute atomic E-state index is 0.334. The van der Waals surface area contributed by atoms with E-state index in [4.69, 9.17) is 14.3 Å². The Morgan fingerprint density at radius 3 is 2.12 bits per heavy atom. The summed E-state index contributed by atoms with van der Waals surface area (Å²) < 4.78 is 12.3. The molecule has 1 fully saturated rings. The van der Waals surface area contributed by atoms with Crippen LogP contribution in [0.5, 0.6) is 0 Å². The first kappa shape index (κ1) is 15.6. The molecule has 0 unspecified atom stereocenters. The molecule has 1 saturated heterocycles. The number of pyridine rings is 1. The topological polar surface area (TPSA) is 31.4 Å². The van der Waals surface area contributed by atoms with Crippen LogP contribution in [0.4, 0.5) is 0 Å². The molecule has 1 aliphatic rings. The van der Waals surface area contributed by atoms with Crippen LogP contribution in [0, 0.1) is 6.92 Å². The molecule has 24 heavy (non-hydrogen) atoms. The first-order valence-corrected chi connectivity index (χ1v) is 8.43. The van der Waals surface area contributed by atoms with E-state index in [0.29, 0.717) is 0 Å². The van der Waals surface area contributed by atoms with Gasteiger partial charge in [0.15, 0.2) is 0 Å². The summed E-state index contributed by atoms with van der Waals surface area (Å²) in [7, 11) is -0.354. The van der Waals surface area contributed by atoms with E-state index in [0.717, 1.165) is 22.1 Å². The zero-order valence-electron chi connectivity index (χ0n) is 14.9. The van der Waals surface area contributed by atoms with Crippen molar-refractivity contribution in [1.82, 2.24) is 4.98 Å². The summed E-state index contributed by atoms with van der Waals surface area (Å²) in [6, 6.07) is 14.7. The van der Waals surface area contributed by atoms with Crippen molar-refractivity contribution < 1.29 is 9.31 Å². The van der Waals surface area contributed by atoms with E-state index in [1.54, 1.807) is 0 Å². The zero-order valence-corrected chi connectivity index (χ0v) is 14.9. The number of fused-ring (bicyclic) bond motifs is 3. The van der Waals surface area contributed by atoms with Crippen molar-refractivity contribution >= 4 is 34.3 Å². The molecular weight excluding hydrogens is 297 g/mol. The normalized spacial score (nSPS) is 19.3. The molecule has 0 radical (unpaired) electrons. The van der Waals surface area contributed by atoms with Gasteiger partial charge in [-0.3, -0.25) is 4.98 Å². The van der Waals surface area contributed by atoms with Gasteiger partial charge in [0.25, 0.3) is 0 Å². The van der Waals surface area contributed by atoms with Gasteiger partial charge in [0, 0.05) is 16.5 Å². The molecule has 3 aromatic rings. The molecule has 0 aliphatic carbocycles. The molecule has 0 bridgehead atoms. The fraction of sp³-hybridized carbons (Fsp3) is 0.350. The maximum atomic E-state index is 6.17. The van der Waals surface area contributed by atoms with E-state index in [-0.39, 0.29) is 18.3 Å². The van der Waals surface area contributed by atoms with E-state index in [1.807, 2.05) is 0 Å². The standard InChI is InChI=1S/C20H22BNO2/c1-13-15-8-6-7-9-16(15)17-11-10-14(12-18(17)22-13)21-23-19(2,3)20(4,5)24-21/h6-12H,1-5H3. The molecular formula is C20H22BNO2. The fourth-order valence-corrected chi connectivity index (χ4v) is 3.27. The summed E-state index contributed by atoms with van der Waals surface area (Å²) in [6.45, 7) is 10.4. The smallest absolute Gasteiger partial charge is 0.399 e. The molecule has 4 heteroatoms. The largest absolute Gasteiger partial charge is 0.494 e. The van der Waals surface area contributed by atoms with Crippen molar-refractivity contribution in [2.75, 3.05) is 0 Å². The predicted octanol–water partition coefficient (Wildman–Crippen LogP) is 4.00. The second kappa shape index (κ2) is 5.04. The molecule has 122 valence electrons. The van der Waals surface area contributed by atoms with Crippen LogP contribution in [0.2, 0.25) is 0 Å². The van der Waals surface area contributed by atoms with Crippen molar-refractivity contribution in [2.24, 2.45) is 0 Å². The van der Waals surface area contributed by atoms with Gasteiger partial charge in [-0.25, -0.2) is 0 Å². The molecule has 1 aromatic heterocycles. The zero-order chi connectivity index (χ0) is 17.1. The van der Waals surface area contributed by atoms with Gasteiger partial charge in [-0.1, -0.05) is 36.4 Å². The van der Waals surface area contributed by atoms with E-state index < -0.39 is 0 Å². The van der Waals surface area contributed by atoms with Gasteiger partial charge >= 0.3 is 7.12 Å². The van der Waals surface area contributed by atoms with Crippen LogP contribution < -0.4 is 5.46 Å². The minimum atomic E-state index is -0.354. The van der Waals surface area contributed by atoms with Crippen LogP contribution in [0.15, 0.2) is 42.5 Å². The Bertz CT molecular complexity index is 933. The van der Waals surface area contributed by atoms with Crippen molar-refractivity contribution in [3.63, 3.8) is 0 Å². The Morgan fingerprint density at radius 1 is 0.833 bits per heavy atom. The maximum Gasteiger partial charge on any atom is 0.494 e. The lowest BCUT2D eigenvalue weighted by molar-refractivity contribution is 0.00578. The van der Waals surface area contributed by atoms with Crippen molar-refractivity contribution in [3.05, 3.63) is 48.2 Å². The third kappa shape index (κ3) is 2.25. The molecule has 2 heterocycles. The summed E-state index contributed by atoms with van der Waals surface area (Å²) in [4.78, 5) is 4.80.